The summed E-state index contributed by atoms with van der Waals surface area (Å²) in [4.78, 5) is 16.1. The molecule has 1 atom stereocenters. The third-order valence-corrected chi connectivity index (χ3v) is 5.32. The first-order valence-electron chi connectivity index (χ1n) is 8.41. The van der Waals surface area contributed by atoms with Crippen molar-refractivity contribution in [1.29, 1.82) is 0 Å². The van der Waals surface area contributed by atoms with E-state index < -0.39 is 17.6 Å². The highest BCUT2D eigenvalue weighted by Gasteiger charge is 2.30. The molecule has 1 unspecified atom stereocenters. The second kappa shape index (κ2) is 11.6. The first-order valence-corrected chi connectivity index (χ1v) is 9.46. The van der Waals surface area contributed by atoms with Gasteiger partial charge in [-0.1, -0.05) is 0 Å². The first kappa shape index (κ1) is 23.9. The molecule has 1 aliphatic heterocycles. The molecule has 2 rings (SSSR count). The van der Waals surface area contributed by atoms with Crippen LogP contribution >= 0.6 is 35.7 Å². The number of halogens is 4. The van der Waals surface area contributed by atoms with Crippen LogP contribution in [0.25, 0.3) is 0 Å². The normalized spacial score (nSPS) is 17.2. The number of guanidine groups is 1. The SMILES string of the molecule is CN=C(NCCNC(=O)c1ccc(C(F)(F)F)cc1)NCC1CCCS1.I. The molecule has 27 heavy (non-hydrogen) atoms. The quantitative estimate of drug-likeness (QED) is 0.236. The lowest BCUT2D eigenvalue weighted by atomic mass is 10.1. The fourth-order valence-electron chi connectivity index (χ4n) is 2.51. The number of nitrogens with one attached hydrogen (secondary N) is 3. The first-order chi connectivity index (χ1) is 12.4. The van der Waals surface area contributed by atoms with Crippen molar-refractivity contribution in [3.05, 3.63) is 35.4 Å². The van der Waals surface area contributed by atoms with Crippen molar-refractivity contribution in [3.8, 4) is 0 Å². The van der Waals surface area contributed by atoms with Gasteiger partial charge in [-0.3, -0.25) is 9.79 Å². The van der Waals surface area contributed by atoms with Crippen LogP contribution < -0.4 is 16.0 Å². The number of carbonyl (C=O) groups is 1. The van der Waals surface area contributed by atoms with Crippen LogP contribution in [0.15, 0.2) is 29.3 Å². The Labute approximate surface area is 178 Å². The Bertz CT molecular complexity index is 620. The molecule has 1 aromatic rings. The molecular formula is C17H24F3IN4OS. The van der Waals surface area contributed by atoms with Gasteiger partial charge in [0.25, 0.3) is 5.91 Å². The van der Waals surface area contributed by atoms with Crippen LogP contribution in [-0.2, 0) is 6.18 Å². The van der Waals surface area contributed by atoms with Crippen LogP contribution in [0.5, 0.6) is 0 Å². The minimum absolute atomic E-state index is 0. The van der Waals surface area contributed by atoms with E-state index in [1.807, 2.05) is 11.8 Å². The highest BCUT2D eigenvalue weighted by atomic mass is 127. The fourth-order valence-corrected chi connectivity index (χ4v) is 3.71. The predicted octanol–water partition coefficient (Wildman–Crippen LogP) is 3.11. The highest BCUT2D eigenvalue weighted by molar-refractivity contribution is 14.0. The smallest absolute Gasteiger partial charge is 0.355 e. The van der Waals surface area contributed by atoms with Gasteiger partial charge in [0.1, 0.15) is 0 Å². The minimum atomic E-state index is -4.40. The number of nitrogens with zero attached hydrogens (tertiary/aromatic N) is 1. The van der Waals surface area contributed by atoms with E-state index >= 15 is 0 Å². The Kier molecular flexibility index (Phi) is 10.3. The summed E-state index contributed by atoms with van der Waals surface area (Å²) in [5, 5.41) is 9.61. The van der Waals surface area contributed by atoms with E-state index in [0.29, 0.717) is 24.3 Å². The molecule has 0 aliphatic carbocycles. The fraction of sp³-hybridized carbons (Fsp3) is 0.529. The topological polar surface area (TPSA) is 65.5 Å². The van der Waals surface area contributed by atoms with E-state index in [9.17, 15) is 18.0 Å². The third kappa shape index (κ3) is 8.16. The average molecular weight is 516 g/mol. The zero-order valence-corrected chi connectivity index (χ0v) is 18.1. The monoisotopic (exact) mass is 516 g/mol. The van der Waals surface area contributed by atoms with E-state index in [-0.39, 0.29) is 29.5 Å². The summed E-state index contributed by atoms with van der Waals surface area (Å²) in [6.45, 7) is 1.64. The zero-order valence-electron chi connectivity index (χ0n) is 14.9. The number of carbonyl (C=O) groups excluding carboxylic acids is 1. The van der Waals surface area contributed by atoms with Gasteiger partial charge in [-0.15, -0.1) is 24.0 Å². The van der Waals surface area contributed by atoms with Crippen LogP contribution in [-0.4, -0.2) is 49.6 Å². The number of hydrogen-bond donors (Lipinski definition) is 3. The Morgan fingerprint density at radius 1 is 1.19 bits per heavy atom. The molecule has 1 amide bonds. The van der Waals surface area contributed by atoms with Gasteiger partial charge in [-0.05, 0) is 42.9 Å². The van der Waals surface area contributed by atoms with Gasteiger partial charge in [0, 0.05) is 37.5 Å². The molecule has 0 saturated carbocycles. The second-order valence-electron chi connectivity index (χ2n) is 5.85. The van der Waals surface area contributed by atoms with Crippen molar-refractivity contribution in [2.45, 2.75) is 24.3 Å². The van der Waals surface area contributed by atoms with Crippen LogP contribution in [0.1, 0.15) is 28.8 Å². The van der Waals surface area contributed by atoms with Gasteiger partial charge in [0.05, 0.1) is 5.56 Å². The van der Waals surface area contributed by atoms with Crippen LogP contribution in [0.3, 0.4) is 0 Å². The Morgan fingerprint density at radius 2 is 1.85 bits per heavy atom. The predicted molar refractivity (Wildman–Crippen MR) is 114 cm³/mol. The summed E-state index contributed by atoms with van der Waals surface area (Å²) >= 11 is 1.95. The summed E-state index contributed by atoms with van der Waals surface area (Å²) in [5.41, 5.74) is -0.579. The number of amides is 1. The Morgan fingerprint density at radius 3 is 2.41 bits per heavy atom. The zero-order chi connectivity index (χ0) is 19.0. The second-order valence-corrected chi connectivity index (χ2v) is 7.25. The number of alkyl halides is 3. The van der Waals surface area contributed by atoms with E-state index in [1.165, 1.54) is 30.7 Å². The Balaban J connectivity index is 0.00000364. The maximum atomic E-state index is 12.5. The summed E-state index contributed by atoms with van der Waals surface area (Å²) in [7, 11) is 1.68. The van der Waals surface area contributed by atoms with E-state index in [4.69, 9.17) is 0 Å². The molecule has 1 aliphatic rings. The van der Waals surface area contributed by atoms with Gasteiger partial charge < -0.3 is 16.0 Å². The number of hydrogen-bond acceptors (Lipinski definition) is 3. The van der Waals surface area contributed by atoms with Gasteiger partial charge in [0.15, 0.2) is 5.96 Å². The van der Waals surface area contributed by atoms with Gasteiger partial charge in [0.2, 0.25) is 0 Å². The molecular weight excluding hydrogens is 492 g/mol. The molecule has 1 fully saturated rings. The number of thioether (sulfide) groups is 1. The van der Waals surface area contributed by atoms with Crippen LogP contribution in [0.4, 0.5) is 13.2 Å². The van der Waals surface area contributed by atoms with Gasteiger partial charge in [-0.2, -0.15) is 24.9 Å². The highest BCUT2D eigenvalue weighted by Crippen LogP contribution is 2.29. The molecule has 1 saturated heterocycles. The van der Waals surface area contributed by atoms with E-state index in [0.717, 1.165) is 18.7 Å². The van der Waals surface area contributed by atoms with Crippen molar-refractivity contribution in [2.24, 2.45) is 4.99 Å². The maximum absolute atomic E-state index is 12.5. The number of benzene rings is 1. The standard InChI is InChI=1S/C17H23F3N4OS.HI/c1-21-16(24-11-14-3-2-10-26-14)23-9-8-22-15(25)12-4-6-13(7-5-12)17(18,19)20;/h4-7,14H,2-3,8-11H2,1H3,(H,22,25)(H2,21,23,24);1H. The van der Waals surface area contributed by atoms with Crippen LogP contribution in [0.2, 0.25) is 0 Å². The summed E-state index contributed by atoms with van der Waals surface area (Å²) in [6, 6.07) is 4.15. The molecule has 10 heteroatoms. The van der Waals surface area contributed by atoms with E-state index in [1.54, 1.807) is 7.05 Å². The molecule has 0 spiro atoms. The average Bonchev–Trinajstić information content (AvgIpc) is 3.14. The largest absolute Gasteiger partial charge is 0.416 e. The molecule has 0 radical (unpaired) electrons. The van der Waals surface area contributed by atoms with E-state index in [2.05, 4.69) is 20.9 Å². The van der Waals surface area contributed by atoms with Gasteiger partial charge in [-0.25, -0.2) is 0 Å². The molecule has 152 valence electrons. The number of rotatable bonds is 6. The Hall–Kier alpha value is -1.17. The van der Waals surface area contributed by atoms with Crippen molar-refractivity contribution >= 4 is 47.6 Å². The molecule has 0 aromatic heterocycles. The lowest BCUT2D eigenvalue weighted by Gasteiger charge is -2.15. The summed E-state index contributed by atoms with van der Waals surface area (Å²) < 4.78 is 37.5. The van der Waals surface area contributed by atoms with Crippen molar-refractivity contribution in [1.82, 2.24) is 16.0 Å². The number of aliphatic imine (C=N–C) groups is 1. The maximum Gasteiger partial charge on any atom is 0.416 e. The third-order valence-electron chi connectivity index (χ3n) is 3.92. The molecule has 1 heterocycles. The summed E-state index contributed by atoms with van der Waals surface area (Å²) in [5.74, 6) is 1.46. The van der Waals surface area contributed by atoms with Crippen molar-refractivity contribution < 1.29 is 18.0 Å². The van der Waals surface area contributed by atoms with Crippen molar-refractivity contribution in [3.63, 3.8) is 0 Å². The molecule has 0 bridgehead atoms. The minimum Gasteiger partial charge on any atom is -0.355 e. The molecule has 1 aromatic carbocycles. The van der Waals surface area contributed by atoms with Gasteiger partial charge >= 0.3 is 6.18 Å². The lowest BCUT2D eigenvalue weighted by molar-refractivity contribution is -0.137. The molecule has 3 N–H and O–H groups in total. The molecule has 5 nitrogen and oxygen atoms in total. The lowest BCUT2D eigenvalue weighted by Crippen LogP contribution is -2.43. The summed E-state index contributed by atoms with van der Waals surface area (Å²) in [6.07, 6.45) is -1.95. The van der Waals surface area contributed by atoms with Crippen LogP contribution in [0, 0.1) is 0 Å². The van der Waals surface area contributed by atoms with Crippen molar-refractivity contribution in [2.75, 3.05) is 32.4 Å².